The number of hydrogen-bond acceptors (Lipinski definition) is 6. The summed E-state index contributed by atoms with van der Waals surface area (Å²) in [4.78, 5) is 40.7. The number of aliphatic carboxylic acids is 1. The summed E-state index contributed by atoms with van der Waals surface area (Å²) in [5, 5.41) is 11.4. The van der Waals surface area contributed by atoms with Crippen LogP contribution in [0.4, 0.5) is 0 Å². The van der Waals surface area contributed by atoms with E-state index in [1.54, 1.807) is 0 Å². The Morgan fingerprint density at radius 2 is 1.97 bits per heavy atom. The van der Waals surface area contributed by atoms with E-state index in [0.29, 0.717) is 17.1 Å². The van der Waals surface area contributed by atoms with Crippen LogP contribution in [0.25, 0.3) is 0 Å². The number of rotatable bonds is 11. The quantitative estimate of drug-likeness (QED) is 0.392. The number of benzene rings is 1. The van der Waals surface area contributed by atoms with E-state index in [2.05, 4.69) is 4.98 Å². The van der Waals surface area contributed by atoms with E-state index < -0.39 is 5.97 Å². The van der Waals surface area contributed by atoms with E-state index in [-0.39, 0.29) is 36.7 Å². The van der Waals surface area contributed by atoms with Crippen LogP contribution in [0.2, 0.25) is 0 Å². The van der Waals surface area contributed by atoms with Crippen molar-refractivity contribution < 1.29 is 19.5 Å². The fourth-order valence-corrected chi connectivity index (χ4v) is 5.51. The normalized spacial score (nSPS) is 14.2. The molecule has 2 aromatic rings. The van der Waals surface area contributed by atoms with Crippen LogP contribution in [0.3, 0.4) is 0 Å². The second kappa shape index (κ2) is 10.9. The molecule has 1 saturated carbocycles. The zero-order valence-corrected chi connectivity index (χ0v) is 18.8. The highest BCUT2D eigenvalue weighted by molar-refractivity contribution is 7.98. The SMILES string of the molecule is Cc1ccc(CC(=O)Cc2nc(CSCCC(=O)O)cs2)c(C(=O)C2CCCC2)c1. The molecule has 0 aliphatic heterocycles. The summed E-state index contributed by atoms with van der Waals surface area (Å²) in [7, 11) is 0. The number of hydrogen-bond donors (Lipinski definition) is 1. The van der Waals surface area contributed by atoms with Gasteiger partial charge in [0.15, 0.2) is 5.78 Å². The zero-order chi connectivity index (χ0) is 21.5. The number of thiazole rings is 1. The van der Waals surface area contributed by atoms with E-state index in [4.69, 9.17) is 5.11 Å². The van der Waals surface area contributed by atoms with E-state index in [0.717, 1.165) is 47.5 Å². The summed E-state index contributed by atoms with van der Waals surface area (Å²) < 4.78 is 0. The minimum atomic E-state index is -0.797. The number of carboxylic acids is 1. The fourth-order valence-electron chi connectivity index (χ4n) is 3.76. The van der Waals surface area contributed by atoms with Crippen LogP contribution in [0.5, 0.6) is 0 Å². The predicted molar refractivity (Wildman–Crippen MR) is 120 cm³/mol. The molecule has 1 heterocycles. The molecule has 1 N–H and O–H groups in total. The summed E-state index contributed by atoms with van der Waals surface area (Å²) in [6, 6.07) is 5.81. The first-order valence-corrected chi connectivity index (χ1v) is 12.3. The third-order valence-electron chi connectivity index (χ3n) is 5.30. The highest BCUT2D eigenvalue weighted by atomic mass is 32.2. The molecule has 0 amide bonds. The van der Waals surface area contributed by atoms with Crippen molar-refractivity contribution in [2.45, 2.75) is 57.6 Å². The van der Waals surface area contributed by atoms with Gasteiger partial charge >= 0.3 is 5.97 Å². The lowest BCUT2D eigenvalue weighted by molar-refractivity contribution is -0.136. The predicted octanol–water partition coefficient (Wildman–Crippen LogP) is 4.89. The molecule has 0 bridgehead atoms. The molecule has 1 aromatic heterocycles. The molecule has 160 valence electrons. The van der Waals surface area contributed by atoms with Gasteiger partial charge in [0.2, 0.25) is 0 Å². The molecule has 7 heteroatoms. The van der Waals surface area contributed by atoms with Gasteiger partial charge in [-0.25, -0.2) is 4.98 Å². The van der Waals surface area contributed by atoms with Crippen LogP contribution in [-0.2, 0) is 28.2 Å². The van der Waals surface area contributed by atoms with E-state index in [1.165, 1.54) is 23.1 Å². The molecule has 30 heavy (non-hydrogen) atoms. The van der Waals surface area contributed by atoms with Crippen molar-refractivity contribution in [3.63, 3.8) is 0 Å². The number of carboxylic acid groups (broad SMARTS) is 1. The Morgan fingerprint density at radius 1 is 1.20 bits per heavy atom. The minimum absolute atomic E-state index is 0.0544. The van der Waals surface area contributed by atoms with E-state index in [9.17, 15) is 14.4 Å². The number of nitrogens with zero attached hydrogens (tertiary/aromatic N) is 1. The maximum atomic E-state index is 13.0. The van der Waals surface area contributed by atoms with Crippen LogP contribution in [-0.4, -0.2) is 33.4 Å². The van der Waals surface area contributed by atoms with Crippen molar-refractivity contribution >= 4 is 40.6 Å². The van der Waals surface area contributed by atoms with Gasteiger partial charge in [-0.05, 0) is 31.4 Å². The molecule has 1 aliphatic rings. The van der Waals surface area contributed by atoms with Crippen molar-refractivity contribution in [2.24, 2.45) is 5.92 Å². The molecular formula is C23H27NO4S2. The molecule has 0 atom stereocenters. The average Bonchev–Trinajstić information content (AvgIpc) is 3.38. The van der Waals surface area contributed by atoms with Crippen molar-refractivity contribution in [2.75, 3.05) is 5.75 Å². The van der Waals surface area contributed by atoms with Gasteiger partial charge in [-0.15, -0.1) is 11.3 Å². The van der Waals surface area contributed by atoms with Crippen molar-refractivity contribution in [3.8, 4) is 0 Å². The van der Waals surface area contributed by atoms with Crippen LogP contribution >= 0.6 is 23.1 Å². The second-order valence-electron chi connectivity index (χ2n) is 7.83. The Kier molecular flexibility index (Phi) is 8.22. The maximum absolute atomic E-state index is 13.0. The van der Waals surface area contributed by atoms with Gasteiger partial charge in [0, 0.05) is 34.8 Å². The van der Waals surface area contributed by atoms with Crippen LogP contribution in [0, 0.1) is 12.8 Å². The summed E-state index contributed by atoms with van der Waals surface area (Å²) in [6.07, 6.45) is 4.76. The second-order valence-corrected chi connectivity index (χ2v) is 9.88. The van der Waals surface area contributed by atoms with Gasteiger partial charge < -0.3 is 5.11 Å². The van der Waals surface area contributed by atoms with Gasteiger partial charge in [0.25, 0.3) is 0 Å². The van der Waals surface area contributed by atoms with Crippen LogP contribution < -0.4 is 0 Å². The number of ketones is 2. The fraction of sp³-hybridized carbons (Fsp3) is 0.478. The summed E-state index contributed by atoms with van der Waals surface area (Å²) in [5.74, 6) is 0.741. The smallest absolute Gasteiger partial charge is 0.304 e. The van der Waals surface area contributed by atoms with Gasteiger partial charge in [0.1, 0.15) is 10.8 Å². The molecule has 5 nitrogen and oxygen atoms in total. The Morgan fingerprint density at radius 3 is 2.70 bits per heavy atom. The number of aryl methyl sites for hydroxylation is 1. The molecule has 0 unspecified atom stereocenters. The molecule has 3 rings (SSSR count). The van der Waals surface area contributed by atoms with E-state index in [1.807, 2.05) is 30.5 Å². The molecule has 0 saturated heterocycles. The van der Waals surface area contributed by atoms with Gasteiger partial charge in [-0.3, -0.25) is 14.4 Å². The Bertz CT molecular complexity index is 916. The monoisotopic (exact) mass is 445 g/mol. The Hall–Kier alpha value is -1.99. The number of Topliss-reactive ketones (excluding diaryl/α,β-unsaturated/α-hetero) is 2. The number of carbonyl (C=O) groups is 3. The van der Waals surface area contributed by atoms with Gasteiger partial charge in [-0.2, -0.15) is 11.8 Å². The molecule has 0 spiro atoms. The minimum Gasteiger partial charge on any atom is -0.481 e. The van der Waals surface area contributed by atoms with E-state index >= 15 is 0 Å². The number of aromatic nitrogens is 1. The average molecular weight is 446 g/mol. The third kappa shape index (κ3) is 6.51. The molecule has 1 aromatic carbocycles. The maximum Gasteiger partial charge on any atom is 0.304 e. The van der Waals surface area contributed by atoms with Gasteiger partial charge in [0.05, 0.1) is 18.5 Å². The van der Waals surface area contributed by atoms with Crippen molar-refractivity contribution in [1.82, 2.24) is 4.98 Å². The Labute approximate surface area is 185 Å². The third-order valence-corrected chi connectivity index (χ3v) is 7.19. The first kappa shape index (κ1) is 22.7. The summed E-state index contributed by atoms with van der Waals surface area (Å²) >= 11 is 2.99. The lowest BCUT2D eigenvalue weighted by Crippen LogP contribution is -2.16. The molecule has 1 fully saturated rings. The topological polar surface area (TPSA) is 84.3 Å². The molecule has 1 aliphatic carbocycles. The van der Waals surface area contributed by atoms with Crippen molar-refractivity contribution in [3.05, 3.63) is 51.0 Å². The number of thioether (sulfide) groups is 1. The van der Waals surface area contributed by atoms with Crippen LogP contribution in [0.1, 0.15) is 64.3 Å². The molecular weight excluding hydrogens is 418 g/mol. The first-order valence-electron chi connectivity index (χ1n) is 10.3. The highest BCUT2D eigenvalue weighted by Gasteiger charge is 2.26. The standard InChI is InChI=1S/C23H27NO4S2/c1-15-6-7-17(20(10-15)23(28)16-4-2-3-5-16)11-19(25)12-21-24-18(14-30-21)13-29-9-8-22(26)27/h6-7,10,14,16H,2-5,8-9,11-13H2,1H3,(H,26,27). The largest absolute Gasteiger partial charge is 0.481 e. The lowest BCUT2D eigenvalue weighted by Gasteiger charge is -2.13. The number of carbonyl (C=O) groups excluding carboxylic acids is 2. The summed E-state index contributed by atoms with van der Waals surface area (Å²) in [6.45, 7) is 1.97. The van der Waals surface area contributed by atoms with Gasteiger partial charge in [-0.1, -0.05) is 30.5 Å². The zero-order valence-electron chi connectivity index (χ0n) is 17.2. The van der Waals surface area contributed by atoms with Crippen molar-refractivity contribution in [1.29, 1.82) is 0 Å². The highest BCUT2D eigenvalue weighted by Crippen LogP contribution is 2.30. The summed E-state index contributed by atoms with van der Waals surface area (Å²) in [5.41, 5.74) is 3.46. The molecule has 0 radical (unpaired) electrons. The van der Waals surface area contributed by atoms with Crippen LogP contribution in [0.15, 0.2) is 23.6 Å². The first-order chi connectivity index (χ1) is 14.4. The lowest BCUT2D eigenvalue weighted by atomic mass is 9.90. The Balaban J connectivity index is 1.58.